The fraction of sp³-hybridized carbons (Fsp3) is 0.577. The van der Waals surface area contributed by atoms with Crippen molar-refractivity contribution < 1.29 is 18.6 Å². The summed E-state index contributed by atoms with van der Waals surface area (Å²) in [5, 5.41) is 0.714. The Bertz CT molecular complexity index is 853. The second-order valence-electron chi connectivity index (χ2n) is 7.75. The number of ether oxygens (including phenoxy) is 3. The molecule has 0 bridgehead atoms. The van der Waals surface area contributed by atoms with E-state index in [9.17, 15) is 4.79 Å². The van der Waals surface area contributed by atoms with Crippen LogP contribution < -0.4 is 19.8 Å². The monoisotopic (exact) mass is 430 g/mol. The lowest BCUT2D eigenvalue weighted by Gasteiger charge is -2.14. The highest BCUT2D eigenvalue weighted by Crippen LogP contribution is 2.34. The third-order valence-electron chi connectivity index (χ3n) is 5.21. The third kappa shape index (κ3) is 8.31. The maximum atomic E-state index is 12.6. The minimum absolute atomic E-state index is 0.167. The number of hydrogen-bond acceptors (Lipinski definition) is 5. The van der Waals surface area contributed by atoms with E-state index in [1.165, 1.54) is 38.5 Å². The molecule has 31 heavy (non-hydrogen) atoms. The standard InChI is InChI=1S/C26H38O5/c1-4-6-8-10-11-12-13-15-19-30-25-24(29-18-14-9-7-5-2)22-17-16-21(28-3)20-23(22)31-26(25)27/h7,9,16-17,20H,4-6,8,10-15,18-19H2,1-3H3. The van der Waals surface area contributed by atoms with Crippen LogP contribution in [0, 0.1) is 0 Å². The topological polar surface area (TPSA) is 57.9 Å². The molecule has 0 aliphatic carbocycles. The lowest BCUT2D eigenvalue weighted by molar-refractivity contribution is 0.256. The van der Waals surface area contributed by atoms with Gasteiger partial charge in [-0.3, -0.25) is 0 Å². The molecule has 0 fully saturated rings. The molecule has 0 saturated heterocycles. The van der Waals surface area contributed by atoms with E-state index < -0.39 is 5.63 Å². The van der Waals surface area contributed by atoms with Crippen LogP contribution in [0.3, 0.4) is 0 Å². The summed E-state index contributed by atoms with van der Waals surface area (Å²) in [4.78, 5) is 12.6. The Morgan fingerprint density at radius 1 is 0.871 bits per heavy atom. The van der Waals surface area contributed by atoms with Crippen molar-refractivity contribution in [2.24, 2.45) is 0 Å². The Morgan fingerprint density at radius 2 is 1.58 bits per heavy atom. The molecule has 0 N–H and O–H groups in total. The molecule has 0 radical (unpaired) electrons. The van der Waals surface area contributed by atoms with Gasteiger partial charge in [-0.1, -0.05) is 70.9 Å². The fourth-order valence-electron chi connectivity index (χ4n) is 3.45. The van der Waals surface area contributed by atoms with E-state index >= 15 is 0 Å². The maximum Gasteiger partial charge on any atom is 0.383 e. The second-order valence-corrected chi connectivity index (χ2v) is 7.75. The Balaban J connectivity index is 2.03. The summed E-state index contributed by atoms with van der Waals surface area (Å²) in [6.07, 6.45) is 15.6. The average molecular weight is 431 g/mol. The number of fused-ring (bicyclic) bond motifs is 1. The van der Waals surface area contributed by atoms with Crippen molar-refractivity contribution in [2.75, 3.05) is 20.3 Å². The van der Waals surface area contributed by atoms with E-state index in [2.05, 4.69) is 26.0 Å². The highest BCUT2D eigenvalue weighted by atomic mass is 16.5. The van der Waals surface area contributed by atoms with Crippen LogP contribution in [0.2, 0.25) is 0 Å². The smallest absolute Gasteiger partial charge is 0.383 e. The maximum absolute atomic E-state index is 12.6. The van der Waals surface area contributed by atoms with Gasteiger partial charge in [-0.25, -0.2) is 4.79 Å². The molecule has 1 heterocycles. The van der Waals surface area contributed by atoms with Gasteiger partial charge in [0.25, 0.3) is 0 Å². The van der Waals surface area contributed by atoms with Gasteiger partial charge >= 0.3 is 5.63 Å². The molecule has 0 saturated carbocycles. The molecular weight excluding hydrogens is 392 g/mol. The summed E-state index contributed by atoms with van der Waals surface area (Å²) < 4.78 is 22.6. The van der Waals surface area contributed by atoms with Crippen LogP contribution in [0.1, 0.15) is 78.1 Å². The lowest BCUT2D eigenvalue weighted by atomic mass is 10.1. The molecule has 5 heteroatoms. The zero-order valence-corrected chi connectivity index (χ0v) is 19.4. The molecular formula is C26H38O5. The van der Waals surface area contributed by atoms with E-state index in [1.807, 2.05) is 12.1 Å². The van der Waals surface area contributed by atoms with Crippen LogP contribution >= 0.6 is 0 Å². The summed E-state index contributed by atoms with van der Waals surface area (Å²) in [6.45, 7) is 5.28. The van der Waals surface area contributed by atoms with Crippen LogP contribution in [-0.4, -0.2) is 20.3 Å². The van der Waals surface area contributed by atoms with Gasteiger partial charge in [0.1, 0.15) is 11.3 Å². The minimum Gasteiger partial charge on any atom is -0.497 e. The number of methoxy groups -OCH3 is 1. The number of benzene rings is 1. The van der Waals surface area contributed by atoms with Gasteiger partial charge in [0.05, 0.1) is 25.7 Å². The van der Waals surface area contributed by atoms with Gasteiger partial charge in [-0.05, 0) is 31.4 Å². The van der Waals surface area contributed by atoms with E-state index in [0.29, 0.717) is 35.7 Å². The Kier molecular flexibility index (Phi) is 11.7. The first-order valence-corrected chi connectivity index (χ1v) is 11.8. The first-order chi connectivity index (χ1) is 15.2. The number of unbranched alkanes of at least 4 members (excludes halogenated alkanes) is 7. The molecule has 0 unspecified atom stereocenters. The molecule has 172 valence electrons. The molecule has 5 nitrogen and oxygen atoms in total. The highest BCUT2D eigenvalue weighted by Gasteiger charge is 2.18. The molecule has 0 spiro atoms. The Hall–Kier alpha value is -2.43. The van der Waals surface area contributed by atoms with Crippen LogP contribution in [0.5, 0.6) is 17.2 Å². The number of allylic oxidation sites excluding steroid dienone is 1. The van der Waals surface area contributed by atoms with E-state index in [4.69, 9.17) is 18.6 Å². The summed E-state index contributed by atoms with van der Waals surface area (Å²) in [7, 11) is 1.58. The third-order valence-corrected chi connectivity index (χ3v) is 5.21. The van der Waals surface area contributed by atoms with Gasteiger partial charge in [-0.2, -0.15) is 0 Å². The van der Waals surface area contributed by atoms with Gasteiger partial charge in [0, 0.05) is 6.07 Å². The van der Waals surface area contributed by atoms with E-state index in [1.54, 1.807) is 13.2 Å². The van der Waals surface area contributed by atoms with Gasteiger partial charge in [-0.15, -0.1) is 0 Å². The average Bonchev–Trinajstić information content (AvgIpc) is 2.78. The summed E-state index contributed by atoms with van der Waals surface area (Å²) in [6, 6.07) is 5.37. The first kappa shape index (κ1) is 24.8. The number of hydrogen-bond donors (Lipinski definition) is 0. The largest absolute Gasteiger partial charge is 0.497 e. The first-order valence-electron chi connectivity index (χ1n) is 11.8. The van der Waals surface area contributed by atoms with Crippen molar-refractivity contribution in [1.82, 2.24) is 0 Å². The quantitative estimate of drug-likeness (QED) is 0.162. The number of rotatable bonds is 16. The van der Waals surface area contributed by atoms with Crippen molar-refractivity contribution in [3.8, 4) is 17.2 Å². The second kappa shape index (κ2) is 14.6. The van der Waals surface area contributed by atoms with Crippen molar-refractivity contribution >= 4 is 11.0 Å². The normalized spacial score (nSPS) is 11.3. The summed E-state index contributed by atoms with van der Waals surface area (Å²) in [5.41, 5.74) is -0.0812. The van der Waals surface area contributed by atoms with Gasteiger partial charge < -0.3 is 18.6 Å². The zero-order valence-electron chi connectivity index (χ0n) is 19.4. The molecule has 0 aliphatic rings. The summed E-state index contributed by atoms with van der Waals surface area (Å²) in [5.74, 6) is 1.25. The SMILES string of the molecule is CCC=CCCOc1c(OCCCCCCCCCC)c(=O)oc2cc(OC)ccc12. The van der Waals surface area contributed by atoms with Crippen LogP contribution in [-0.2, 0) is 0 Å². The molecule has 1 aromatic heterocycles. The van der Waals surface area contributed by atoms with Crippen LogP contribution in [0.15, 0.2) is 39.6 Å². The minimum atomic E-state index is -0.514. The van der Waals surface area contributed by atoms with E-state index in [-0.39, 0.29) is 5.75 Å². The Labute approximate surface area is 186 Å². The summed E-state index contributed by atoms with van der Waals surface area (Å²) >= 11 is 0. The lowest BCUT2D eigenvalue weighted by Crippen LogP contribution is -2.11. The molecule has 0 atom stereocenters. The highest BCUT2D eigenvalue weighted by molar-refractivity contribution is 5.86. The van der Waals surface area contributed by atoms with Crippen molar-refractivity contribution in [3.05, 3.63) is 40.8 Å². The van der Waals surface area contributed by atoms with Crippen molar-refractivity contribution in [2.45, 2.75) is 78.1 Å². The fourth-order valence-corrected chi connectivity index (χ4v) is 3.45. The van der Waals surface area contributed by atoms with Crippen LogP contribution in [0.4, 0.5) is 0 Å². The van der Waals surface area contributed by atoms with Crippen molar-refractivity contribution in [1.29, 1.82) is 0 Å². The Morgan fingerprint density at radius 3 is 2.29 bits per heavy atom. The molecule has 1 aromatic carbocycles. The van der Waals surface area contributed by atoms with E-state index in [0.717, 1.165) is 25.7 Å². The molecule has 0 aliphatic heterocycles. The molecule has 2 rings (SSSR count). The van der Waals surface area contributed by atoms with Crippen molar-refractivity contribution in [3.63, 3.8) is 0 Å². The zero-order chi connectivity index (χ0) is 22.3. The predicted octanol–water partition coefficient (Wildman–Crippen LogP) is 7.06. The van der Waals surface area contributed by atoms with Gasteiger partial charge in [0.2, 0.25) is 5.75 Å². The van der Waals surface area contributed by atoms with Gasteiger partial charge in [0.15, 0.2) is 5.75 Å². The molecule has 2 aromatic rings. The van der Waals surface area contributed by atoms with Crippen LogP contribution in [0.25, 0.3) is 11.0 Å². The molecule has 0 amide bonds. The predicted molar refractivity (Wildman–Crippen MR) is 127 cm³/mol.